The SMILES string of the molecule is COc1cc(CNC(=O)CCc2ncc(-c3ccccc3F)o2)ccc1OCC1CCCO1. The van der Waals surface area contributed by atoms with Crippen molar-refractivity contribution in [2.45, 2.75) is 38.3 Å². The fourth-order valence-corrected chi connectivity index (χ4v) is 3.62. The molecule has 33 heavy (non-hydrogen) atoms. The second kappa shape index (κ2) is 11.0. The first kappa shape index (κ1) is 22.8. The van der Waals surface area contributed by atoms with Crippen molar-refractivity contribution in [2.24, 2.45) is 0 Å². The Morgan fingerprint density at radius 2 is 2.12 bits per heavy atom. The average molecular weight is 454 g/mol. The lowest BCUT2D eigenvalue weighted by Gasteiger charge is -2.15. The molecule has 1 amide bonds. The highest BCUT2D eigenvalue weighted by Gasteiger charge is 2.17. The number of halogens is 1. The first-order chi connectivity index (χ1) is 16.1. The smallest absolute Gasteiger partial charge is 0.220 e. The van der Waals surface area contributed by atoms with Crippen LogP contribution in [-0.2, 0) is 22.5 Å². The minimum atomic E-state index is -0.378. The zero-order valence-corrected chi connectivity index (χ0v) is 18.5. The number of oxazole rings is 1. The van der Waals surface area contributed by atoms with Gasteiger partial charge in [-0.05, 0) is 42.7 Å². The van der Waals surface area contributed by atoms with E-state index in [-0.39, 0.29) is 24.2 Å². The number of carbonyl (C=O) groups is 1. The molecule has 0 bridgehead atoms. The monoisotopic (exact) mass is 454 g/mol. The number of aromatic nitrogens is 1. The highest BCUT2D eigenvalue weighted by Crippen LogP contribution is 2.29. The van der Waals surface area contributed by atoms with E-state index in [4.69, 9.17) is 18.6 Å². The molecule has 1 fully saturated rings. The topological polar surface area (TPSA) is 82.8 Å². The molecule has 0 spiro atoms. The van der Waals surface area contributed by atoms with Crippen LogP contribution in [0, 0.1) is 5.82 Å². The molecule has 1 N–H and O–H groups in total. The van der Waals surface area contributed by atoms with Gasteiger partial charge in [0.1, 0.15) is 12.4 Å². The summed E-state index contributed by atoms with van der Waals surface area (Å²) in [5.74, 6) is 1.48. The Labute approximate surface area is 191 Å². The highest BCUT2D eigenvalue weighted by molar-refractivity contribution is 5.76. The van der Waals surface area contributed by atoms with E-state index < -0.39 is 0 Å². The van der Waals surface area contributed by atoms with Crippen LogP contribution in [0.15, 0.2) is 53.1 Å². The largest absolute Gasteiger partial charge is 0.493 e. The average Bonchev–Trinajstić information content (AvgIpc) is 3.53. The van der Waals surface area contributed by atoms with Crippen molar-refractivity contribution < 1.29 is 27.8 Å². The van der Waals surface area contributed by atoms with E-state index in [1.54, 1.807) is 25.3 Å². The van der Waals surface area contributed by atoms with Crippen molar-refractivity contribution in [1.82, 2.24) is 10.3 Å². The van der Waals surface area contributed by atoms with Gasteiger partial charge in [0.2, 0.25) is 5.91 Å². The van der Waals surface area contributed by atoms with Crippen molar-refractivity contribution in [3.63, 3.8) is 0 Å². The maximum Gasteiger partial charge on any atom is 0.220 e. The Morgan fingerprint density at radius 3 is 2.91 bits per heavy atom. The summed E-state index contributed by atoms with van der Waals surface area (Å²) in [6.07, 6.45) is 4.19. The van der Waals surface area contributed by atoms with Crippen LogP contribution in [0.4, 0.5) is 4.39 Å². The van der Waals surface area contributed by atoms with Crippen LogP contribution >= 0.6 is 0 Å². The number of hydrogen-bond acceptors (Lipinski definition) is 6. The molecular weight excluding hydrogens is 427 g/mol. The fourth-order valence-electron chi connectivity index (χ4n) is 3.62. The van der Waals surface area contributed by atoms with Crippen LogP contribution in [0.5, 0.6) is 11.5 Å². The van der Waals surface area contributed by atoms with Gasteiger partial charge in [-0.2, -0.15) is 0 Å². The number of aryl methyl sites for hydroxylation is 1. The molecule has 1 unspecified atom stereocenters. The van der Waals surface area contributed by atoms with Gasteiger partial charge in [-0.25, -0.2) is 9.37 Å². The van der Waals surface area contributed by atoms with Crippen molar-refractivity contribution in [3.05, 3.63) is 65.9 Å². The van der Waals surface area contributed by atoms with Crippen LogP contribution in [0.25, 0.3) is 11.3 Å². The molecular formula is C25H27FN2O5. The molecule has 1 aromatic heterocycles. The van der Waals surface area contributed by atoms with Gasteiger partial charge in [-0.15, -0.1) is 0 Å². The quantitative estimate of drug-likeness (QED) is 0.492. The summed E-state index contributed by atoms with van der Waals surface area (Å²) in [5, 5.41) is 2.88. The van der Waals surface area contributed by atoms with Gasteiger partial charge in [0.15, 0.2) is 23.1 Å². The predicted octanol–water partition coefficient (Wildman–Crippen LogP) is 4.30. The van der Waals surface area contributed by atoms with Crippen LogP contribution in [-0.4, -0.2) is 37.3 Å². The third-order valence-corrected chi connectivity index (χ3v) is 5.43. The Balaban J connectivity index is 1.25. The Kier molecular flexibility index (Phi) is 7.57. The van der Waals surface area contributed by atoms with Gasteiger partial charge < -0.3 is 23.9 Å². The summed E-state index contributed by atoms with van der Waals surface area (Å²) >= 11 is 0. The second-order valence-electron chi connectivity index (χ2n) is 7.81. The minimum absolute atomic E-state index is 0.125. The number of nitrogens with zero attached hydrogens (tertiary/aromatic N) is 1. The molecule has 1 aliphatic rings. The molecule has 2 heterocycles. The van der Waals surface area contributed by atoms with Crippen LogP contribution < -0.4 is 14.8 Å². The number of benzene rings is 2. The first-order valence-corrected chi connectivity index (χ1v) is 11.0. The van der Waals surface area contributed by atoms with E-state index in [1.165, 1.54) is 12.3 Å². The first-order valence-electron chi connectivity index (χ1n) is 11.0. The van der Waals surface area contributed by atoms with E-state index in [9.17, 15) is 9.18 Å². The van der Waals surface area contributed by atoms with Crippen LogP contribution in [0.2, 0.25) is 0 Å². The van der Waals surface area contributed by atoms with Crippen LogP contribution in [0.3, 0.4) is 0 Å². The van der Waals surface area contributed by atoms with Crippen molar-refractivity contribution in [2.75, 3.05) is 20.3 Å². The van der Waals surface area contributed by atoms with Gasteiger partial charge in [-0.3, -0.25) is 4.79 Å². The summed E-state index contributed by atoms with van der Waals surface area (Å²) in [6, 6.07) is 11.9. The minimum Gasteiger partial charge on any atom is -0.493 e. The number of ether oxygens (including phenoxy) is 3. The van der Waals surface area contributed by atoms with Gasteiger partial charge >= 0.3 is 0 Å². The molecule has 0 saturated carbocycles. The van der Waals surface area contributed by atoms with E-state index >= 15 is 0 Å². The van der Waals surface area contributed by atoms with Gasteiger partial charge in [-0.1, -0.05) is 18.2 Å². The zero-order chi connectivity index (χ0) is 23.0. The molecule has 4 rings (SSSR count). The number of amides is 1. The standard InChI is InChI=1S/C25H27FN2O5/c1-30-22-13-17(8-9-21(22)32-16-18-5-4-12-31-18)14-27-24(29)10-11-25-28-15-23(33-25)19-6-2-3-7-20(19)26/h2-3,6-9,13,15,18H,4-5,10-12,14,16H2,1H3,(H,27,29). The lowest BCUT2D eigenvalue weighted by Crippen LogP contribution is -2.23. The molecule has 7 nitrogen and oxygen atoms in total. The van der Waals surface area contributed by atoms with Crippen LogP contribution in [0.1, 0.15) is 30.7 Å². The number of methoxy groups -OCH3 is 1. The number of carbonyl (C=O) groups excluding carboxylic acids is 1. The molecule has 2 aromatic carbocycles. The molecule has 8 heteroatoms. The zero-order valence-electron chi connectivity index (χ0n) is 18.5. The predicted molar refractivity (Wildman–Crippen MR) is 120 cm³/mol. The van der Waals surface area contributed by atoms with Gasteiger partial charge in [0.05, 0.1) is 25.0 Å². The summed E-state index contributed by atoms with van der Waals surface area (Å²) < 4.78 is 36.3. The fraction of sp³-hybridized carbons (Fsp3) is 0.360. The van der Waals surface area contributed by atoms with E-state index in [0.717, 1.165) is 25.0 Å². The summed E-state index contributed by atoms with van der Waals surface area (Å²) in [4.78, 5) is 16.4. The highest BCUT2D eigenvalue weighted by atomic mass is 19.1. The summed E-state index contributed by atoms with van der Waals surface area (Å²) in [7, 11) is 1.59. The molecule has 0 aliphatic carbocycles. The van der Waals surface area contributed by atoms with E-state index in [1.807, 2.05) is 18.2 Å². The van der Waals surface area contributed by atoms with Gasteiger partial charge in [0, 0.05) is 26.0 Å². The van der Waals surface area contributed by atoms with Crippen molar-refractivity contribution in [1.29, 1.82) is 0 Å². The maximum absolute atomic E-state index is 13.9. The normalized spacial score (nSPS) is 15.4. The number of nitrogens with one attached hydrogen (secondary N) is 1. The third-order valence-electron chi connectivity index (χ3n) is 5.43. The molecule has 1 atom stereocenters. The van der Waals surface area contributed by atoms with E-state index in [2.05, 4.69) is 10.3 Å². The Hall–Kier alpha value is -3.39. The van der Waals surface area contributed by atoms with E-state index in [0.29, 0.717) is 48.3 Å². The lowest BCUT2D eigenvalue weighted by atomic mass is 10.2. The summed E-state index contributed by atoms with van der Waals surface area (Å²) in [6.45, 7) is 1.63. The summed E-state index contributed by atoms with van der Waals surface area (Å²) in [5.41, 5.74) is 1.24. The van der Waals surface area contributed by atoms with Crippen molar-refractivity contribution in [3.8, 4) is 22.8 Å². The number of hydrogen-bond donors (Lipinski definition) is 1. The maximum atomic E-state index is 13.9. The number of rotatable bonds is 10. The molecule has 174 valence electrons. The lowest BCUT2D eigenvalue weighted by molar-refractivity contribution is -0.121. The Bertz CT molecular complexity index is 1080. The third kappa shape index (κ3) is 6.10. The van der Waals surface area contributed by atoms with Crippen molar-refractivity contribution >= 4 is 5.91 Å². The molecule has 3 aromatic rings. The molecule has 1 aliphatic heterocycles. The Morgan fingerprint density at radius 1 is 1.24 bits per heavy atom. The molecule has 1 saturated heterocycles. The molecule has 0 radical (unpaired) electrons. The second-order valence-corrected chi connectivity index (χ2v) is 7.81. The van der Waals surface area contributed by atoms with Gasteiger partial charge in [0.25, 0.3) is 0 Å².